The van der Waals surface area contributed by atoms with Crippen LogP contribution < -0.4 is 11.2 Å². The van der Waals surface area contributed by atoms with Crippen molar-refractivity contribution < 1.29 is 41.3 Å². The summed E-state index contributed by atoms with van der Waals surface area (Å²) in [5.74, 6) is 0. The number of rotatable bonds is 2. The second-order valence-corrected chi connectivity index (χ2v) is 3.56. The summed E-state index contributed by atoms with van der Waals surface area (Å²) in [6, 6.07) is -1.17. The third-order valence-electron chi connectivity index (χ3n) is 0.265. The van der Waals surface area contributed by atoms with Crippen LogP contribution >= 0.6 is 7.82 Å². The van der Waals surface area contributed by atoms with Crippen molar-refractivity contribution in [2.75, 3.05) is 0 Å². The Balaban J connectivity index is -0.000000208. The fourth-order valence-corrected chi connectivity index (χ4v) is 0.313. The number of carbonyl (C=O) groups is 1. The number of hydrogen-bond donors (Lipinski definition) is 6. The third kappa shape index (κ3) is 52.1. The number of hydrogen-bond acceptors (Lipinski definition) is 5. The molecule has 0 spiro atoms. The second-order valence-electron chi connectivity index (χ2n) is 1.50. The summed E-state index contributed by atoms with van der Waals surface area (Å²) in [5, 5.41) is 0. The van der Waals surface area contributed by atoms with Crippen molar-refractivity contribution in [3.63, 3.8) is 0 Å². The molecular formula is CH8KN2O9PS. The summed E-state index contributed by atoms with van der Waals surface area (Å²) in [6.45, 7) is 0. The summed E-state index contributed by atoms with van der Waals surface area (Å²) in [4.78, 5) is 25.5. The van der Waals surface area contributed by atoms with Gasteiger partial charge in [0.15, 0.2) is 0 Å². The Kier molecular flexibility index (Phi) is 12.7. The summed E-state index contributed by atoms with van der Waals surface area (Å²) in [7, 11) is -9.30. The van der Waals surface area contributed by atoms with Gasteiger partial charge in [-0.2, -0.15) is 13.0 Å². The van der Waals surface area contributed by atoms with E-state index in [0.29, 0.717) is 0 Å². The fraction of sp³-hybridized carbons (Fsp3) is 0. The van der Waals surface area contributed by atoms with Gasteiger partial charge in [-0.05, 0) is 0 Å². The van der Waals surface area contributed by atoms with Crippen LogP contribution in [0.4, 0.5) is 4.79 Å². The summed E-state index contributed by atoms with van der Waals surface area (Å²) < 4.78 is 44.8. The summed E-state index contributed by atoms with van der Waals surface area (Å²) in [5.41, 5.74) is 5.64. The van der Waals surface area contributed by atoms with E-state index in [2.05, 4.69) is 10.4 Å². The van der Waals surface area contributed by atoms with Gasteiger partial charge in [0, 0.05) is 0 Å². The van der Waals surface area contributed by atoms with Gasteiger partial charge in [-0.3, -0.25) is 9.11 Å². The topological polar surface area (TPSA) is 196 Å². The van der Waals surface area contributed by atoms with Crippen LogP contribution in [0, 0.1) is 0 Å². The van der Waals surface area contributed by atoms with Crippen molar-refractivity contribution in [2.24, 2.45) is 5.73 Å². The van der Waals surface area contributed by atoms with E-state index in [1.807, 2.05) is 0 Å². The van der Waals surface area contributed by atoms with E-state index in [1.54, 1.807) is 0 Å². The molecule has 7 N–H and O–H groups in total. The van der Waals surface area contributed by atoms with Crippen molar-refractivity contribution in [1.82, 2.24) is 5.48 Å². The Hall–Kier alpha value is 0.886. The van der Waals surface area contributed by atoms with Gasteiger partial charge in [0.25, 0.3) is 0 Å². The molecule has 14 heteroatoms. The molecule has 0 aromatic heterocycles. The van der Waals surface area contributed by atoms with Crippen LogP contribution in [0.15, 0.2) is 0 Å². The Morgan fingerprint density at radius 2 is 1.60 bits per heavy atom. The molecule has 0 saturated heterocycles. The van der Waals surface area contributed by atoms with Crippen molar-refractivity contribution >= 4 is 75.6 Å². The predicted octanol–water partition coefficient (Wildman–Crippen LogP) is -2.62. The zero-order chi connectivity index (χ0) is 12.0. The van der Waals surface area contributed by atoms with Gasteiger partial charge in [-0.25, -0.2) is 14.8 Å². The molecule has 0 saturated carbocycles. The fourth-order valence-electron chi connectivity index (χ4n) is 0.104. The van der Waals surface area contributed by atoms with E-state index >= 15 is 0 Å². The quantitative estimate of drug-likeness (QED) is 0.136. The Labute approximate surface area is 127 Å². The van der Waals surface area contributed by atoms with Crippen LogP contribution in [0.25, 0.3) is 0 Å². The number of carbonyl (C=O) groups excluding carboxylic acids is 1. The maximum absolute atomic E-state index is 9.74. The van der Waals surface area contributed by atoms with Crippen LogP contribution in [-0.4, -0.2) is 84.7 Å². The van der Waals surface area contributed by atoms with Crippen molar-refractivity contribution in [3.8, 4) is 0 Å². The van der Waals surface area contributed by atoms with Gasteiger partial charge in [-0.1, -0.05) is 0 Å². The molecule has 0 aliphatic rings. The number of hydroxylamine groups is 1. The average Bonchev–Trinajstić information content (AvgIpc) is 1.77. The van der Waals surface area contributed by atoms with Gasteiger partial charge in [0.1, 0.15) is 0 Å². The molecule has 0 bridgehead atoms. The number of nitrogens with two attached hydrogens (primary N) is 1. The first kappa shape index (κ1) is 21.2. The molecule has 0 aromatic rings. The van der Waals surface area contributed by atoms with E-state index in [-0.39, 0.29) is 51.4 Å². The second kappa shape index (κ2) is 8.97. The number of nitrogens with one attached hydrogen (secondary N) is 1. The van der Waals surface area contributed by atoms with Crippen LogP contribution in [0.2, 0.25) is 0 Å². The molecule has 0 rings (SSSR count). The molecule has 2 amide bonds. The minimum absolute atomic E-state index is 0. The van der Waals surface area contributed by atoms with Gasteiger partial charge < -0.3 is 15.5 Å². The van der Waals surface area contributed by atoms with Gasteiger partial charge in [-0.15, -0.1) is 0 Å². The molecule has 0 atom stereocenters. The molecule has 88 valence electrons. The maximum atomic E-state index is 9.74. The Morgan fingerprint density at radius 1 is 1.33 bits per heavy atom. The van der Waals surface area contributed by atoms with E-state index in [0.717, 1.165) is 0 Å². The van der Waals surface area contributed by atoms with Gasteiger partial charge >= 0.3 is 75.6 Å². The first-order chi connectivity index (χ1) is 5.92. The number of urea groups is 1. The molecule has 0 radical (unpaired) electrons. The van der Waals surface area contributed by atoms with Crippen LogP contribution in [0.5, 0.6) is 0 Å². The van der Waals surface area contributed by atoms with Gasteiger partial charge in [0.2, 0.25) is 0 Å². The predicted molar refractivity (Wildman–Crippen MR) is 47.2 cm³/mol. The molecular weight excluding hydrogens is 286 g/mol. The van der Waals surface area contributed by atoms with Gasteiger partial charge in [0.05, 0.1) is 0 Å². The molecule has 0 aromatic carbocycles. The zero-order valence-corrected chi connectivity index (χ0v) is 7.97. The molecule has 0 heterocycles. The minimum atomic E-state index is -4.67. The zero-order valence-electron chi connectivity index (χ0n) is 6.26. The normalized spacial score (nSPS) is 10.4. The molecule has 0 aliphatic heterocycles. The average molecular weight is 294 g/mol. The van der Waals surface area contributed by atoms with E-state index in [9.17, 15) is 9.36 Å². The van der Waals surface area contributed by atoms with E-state index < -0.39 is 24.3 Å². The van der Waals surface area contributed by atoms with Crippen LogP contribution in [0.1, 0.15) is 0 Å². The molecule has 0 unspecified atom stereocenters. The monoisotopic (exact) mass is 294 g/mol. The van der Waals surface area contributed by atoms with E-state index in [1.165, 1.54) is 5.48 Å². The Morgan fingerprint density at radius 3 is 1.67 bits per heavy atom. The standard InChI is InChI=1S/CH5N2O5P.K.H2O4S.H/c2-1(4)3-8-9(5,6)7;;1-5(2,3)4;/h(H3,2,3,4)(H2,5,6,7);;(H2,1,2,3,4);. The first-order valence-corrected chi connectivity index (χ1v) is 5.34. The molecule has 15 heavy (non-hydrogen) atoms. The van der Waals surface area contributed by atoms with Crippen molar-refractivity contribution in [1.29, 1.82) is 0 Å². The Bertz CT molecular complexity index is 311. The van der Waals surface area contributed by atoms with E-state index in [4.69, 9.17) is 27.3 Å². The SMILES string of the molecule is NC(=O)NOP(=O)(O)O.O=S(=O)(O)O.[KH]. The first-order valence-electron chi connectivity index (χ1n) is 2.41. The number of amides is 2. The molecule has 0 aliphatic carbocycles. The molecule has 11 nitrogen and oxygen atoms in total. The van der Waals surface area contributed by atoms with Crippen LogP contribution in [-0.2, 0) is 19.6 Å². The van der Waals surface area contributed by atoms with Crippen molar-refractivity contribution in [3.05, 3.63) is 0 Å². The number of primary amides is 1. The van der Waals surface area contributed by atoms with Crippen molar-refractivity contribution in [2.45, 2.75) is 0 Å². The van der Waals surface area contributed by atoms with Crippen LogP contribution in [0.3, 0.4) is 0 Å². The molecule has 0 fully saturated rings. The number of phosphoric acid groups is 1. The summed E-state index contributed by atoms with van der Waals surface area (Å²) in [6.07, 6.45) is 0. The summed E-state index contributed by atoms with van der Waals surface area (Å²) >= 11 is 0. The third-order valence-corrected chi connectivity index (χ3v) is 0.594.